The van der Waals surface area contributed by atoms with Crippen molar-refractivity contribution in [1.82, 2.24) is 0 Å². The quantitative estimate of drug-likeness (QED) is 0.143. The van der Waals surface area contributed by atoms with Gasteiger partial charge in [0.1, 0.15) is 11.5 Å². The van der Waals surface area contributed by atoms with E-state index in [-0.39, 0.29) is 5.56 Å². The van der Waals surface area contributed by atoms with Gasteiger partial charge in [0.25, 0.3) is 0 Å². The minimum Gasteiger partial charge on any atom is -0.478 e. The van der Waals surface area contributed by atoms with Crippen molar-refractivity contribution in [3.05, 3.63) is 177 Å². The Balaban J connectivity index is 1.24. The molecule has 53 heavy (non-hydrogen) atoms. The third-order valence-corrected chi connectivity index (χ3v) is 10.1. The second-order valence-corrected chi connectivity index (χ2v) is 13.3. The van der Waals surface area contributed by atoms with E-state index in [0.717, 1.165) is 59.8 Å². The lowest BCUT2D eigenvalue weighted by molar-refractivity contribution is 0.0696. The average molecular weight is 696 g/mol. The van der Waals surface area contributed by atoms with Gasteiger partial charge in [-0.1, -0.05) is 115 Å². The fourth-order valence-electron chi connectivity index (χ4n) is 7.48. The topological polar surface area (TPSA) is 127 Å². The van der Waals surface area contributed by atoms with Gasteiger partial charge in [-0.15, -0.1) is 0 Å². The maximum atomic E-state index is 12.5. The Morgan fingerprint density at radius 1 is 0.604 bits per heavy atom. The standard InChI is InChI=1S/C44H34B2O7/c47-44(48)36-10-4-3-9-35(36)41-37-23-19-31-25-27(13-17-29-7-1-5-11-39(29)45(49)50)15-21-33(31)42(37)53-43-34-22-16-28(26-32(34)20-24-38(41)43)14-18-30-8-2-6-12-40(30)46(51)52/h1-13,15-16,19-26,49-52H,14,17-18H2,(H,47,48)/b27-13-. The summed E-state index contributed by atoms with van der Waals surface area (Å²) in [4.78, 5) is 12.5. The van der Waals surface area contributed by atoms with Crippen LogP contribution in [0, 0.1) is 0 Å². The predicted molar refractivity (Wildman–Crippen MR) is 210 cm³/mol. The number of aryl methyl sites for hydroxylation is 2. The molecular weight excluding hydrogens is 662 g/mol. The smallest absolute Gasteiger partial charge is 0.478 e. The van der Waals surface area contributed by atoms with Crippen molar-refractivity contribution in [1.29, 1.82) is 0 Å². The Morgan fingerprint density at radius 2 is 1.25 bits per heavy atom. The van der Waals surface area contributed by atoms with E-state index >= 15 is 0 Å². The minimum atomic E-state index is -1.55. The molecule has 0 amide bonds. The van der Waals surface area contributed by atoms with Gasteiger partial charge >= 0.3 is 20.2 Å². The summed E-state index contributed by atoms with van der Waals surface area (Å²) >= 11 is 0. The van der Waals surface area contributed by atoms with Crippen molar-refractivity contribution in [2.45, 2.75) is 19.3 Å². The monoisotopic (exact) mass is 696 g/mol. The van der Waals surface area contributed by atoms with Gasteiger partial charge in [-0.05, 0) is 92.7 Å². The number of carboxylic acid groups (broad SMARTS) is 1. The zero-order valence-electron chi connectivity index (χ0n) is 28.6. The van der Waals surface area contributed by atoms with Crippen LogP contribution in [0.1, 0.15) is 38.2 Å². The molecule has 7 nitrogen and oxygen atoms in total. The number of ether oxygens (including phenoxy) is 1. The first-order chi connectivity index (χ1) is 25.8. The van der Waals surface area contributed by atoms with Crippen LogP contribution in [0.15, 0.2) is 133 Å². The Morgan fingerprint density at radius 3 is 2.02 bits per heavy atom. The van der Waals surface area contributed by atoms with Gasteiger partial charge in [-0.2, -0.15) is 0 Å². The fourth-order valence-corrected chi connectivity index (χ4v) is 7.48. The molecule has 1 heterocycles. The number of hydrogen-bond donors (Lipinski definition) is 5. The Hall–Kier alpha value is -5.96. The molecular formula is C44H34B2O7. The molecule has 0 aromatic heterocycles. The molecule has 1 aliphatic rings. The summed E-state index contributed by atoms with van der Waals surface area (Å²) in [6, 6.07) is 42.0. The van der Waals surface area contributed by atoms with Gasteiger partial charge in [0.2, 0.25) is 0 Å². The number of benzene rings is 7. The van der Waals surface area contributed by atoms with Gasteiger partial charge < -0.3 is 29.9 Å². The Kier molecular flexibility index (Phi) is 9.16. The molecule has 0 saturated carbocycles. The molecule has 0 aliphatic carbocycles. The molecule has 0 atom stereocenters. The summed E-state index contributed by atoms with van der Waals surface area (Å²) in [5.74, 6) is 0.272. The van der Waals surface area contributed by atoms with Crippen LogP contribution in [0.3, 0.4) is 0 Å². The van der Waals surface area contributed by atoms with Crippen LogP contribution in [0.25, 0.3) is 33.2 Å². The van der Waals surface area contributed by atoms with E-state index in [2.05, 4.69) is 18.2 Å². The number of hydrogen-bond acceptors (Lipinski definition) is 6. The SMILES string of the molecule is O=C(O)c1ccccc1C1=c2ccc3c/c(=C\Cc4ccccc4B(O)O)ccc3c2Oc2c1ccc1cc(CCc3ccccc3B(O)O)ccc21. The highest BCUT2D eigenvalue weighted by Gasteiger charge is 2.26. The third-order valence-electron chi connectivity index (χ3n) is 10.1. The van der Waals surface area contributed by atoms with Crippen LogP contribution in [0.4, 0.5) is 0 Å². The summed E-state index contributed by atoms with van der Waals surface area (Å²) in [5.41, 5.74) is 6.14. The first-order valence-electron chi connectivity index (χ1n) is 17.5. The van der Waals surface area contributed by atoms with Crippen LogP contribution in [-0.2, 0) is 19.3 Å². The van der Waals surface area contributed by atoms with Gasteiger partial charge in [0, 0.05) is 27.1 Å². The van der Waals surface area contributed by atoms with Crippen molar-refractivity contribution in [3.8, 4) is 11.5 Å². The van der Waals surface area contributed by atoms with Crippen molar-refractivity contribution >= 4 is 64.3 Å². The van der Waals surface area contributed by atoms with E-state index < -0.39 is 20.2 Å². The maximum Gasteiger partial charge on any atom is 0.488 e. The summed E-state index contributed by atoms with van der Waals surface area (Å²) in [6.45, 7) is 0. The summed E-state index contributed by atoms with van der Waals surface area (Å²) < 4.78 is 6.89. The van der Waals surface area contributed by atoms with E-state index in [1.165, 1.54) is 0 Å². The van der Waals surface area contributed by atoms with Gasteiger partial charge in [-0.25, -0.2) is 4.79 Å². The highest BCUT2D eigenvalue weighted by atomic mass is 16.5. The average Bonchev–Trinajstić information content (AvgIpc) is 3.18. The van der Waals surface area contributed by atoms with Crippen molar-refractivity contribution in [2.24, 2.45) is 0 Å². The molecule has 0 fully saturated rings. The molecule has 7 aromatic carbocycles. The molecule has 8 rings (SSSR count). The van der Waals surface area contributed by atoms with Crippen LogP contribution in [0.5, 0.6) is 11.5 Å². The predicted octanol–water partition coefficient (Wildman–Crippen LogP) is 4.21. The summed E-state index contributed by atoms with van der Waals surface area (Å²) in [5, 5.41) is 55.0. The molecule has 0 spiro atoms. The van der Waals surface area contributed by atoms with Crippen LogP contribution < -0.4 is 26.1 Å². The molecule has 1 aliphatic heterocycles. The van der Waals surface area contributed by atoms with Gasteiger partial charge in [0.05, 0.1) is 5.56 Å². The minimum absolute atomic E-state index is 0.198. The molecule has 7 aromatic rings. The van der Waals surface area contributed by atoms with Crippen LogP contribution >= 0.6 is 0 Å². The molecule has 0 unspecified atom stereocenters. The maximum absolute atomic E-state index is 12.5. The van der Waals surface area contributed by atoms with Gasteiger partial charge in [0.15, 0.2) is 0 Å². The largest absolute Gasteiger partial charge is 0.488 e. The second kappa shape index (κ2) is 14.2. The summed E-state index contributed by atoms with van der Waals surface area (Å²) in [7, 11) is -3.08. The number of fused-ring (bicyclic) bond motifs is 6. The van der Waals surface area contributed by atoms with E-state index in [9.17, 15) is 30.0 Å². The van der Waals surface area contributed by atoms with Crippen molar-refractivity contribution in [3.63, 3.8) is 0 Å². The Labute approximate surface area is 306 Å². The van der Waals surface area contributed by atoms with Crippen LogP contribution in [-0.4, -0.2) is 45.4 Å². The lowest BCUT2D eigenvalue weighted by atomic mass is 9.76. The third kappa shape index (κ3) is 6.52. The molecule has 0 radical (unpaired) electrons. The zero-order chi connectivity index (χ0) is 36.6. The highest BCUT2D eigenvalue weighted by molar-refractivity contribution is 6.59. The highest BCUT2D eigenvalue weighted by Crippen LogP contribution is 2.43. The number of carbonyl (C=O) groups is 1. The summed E-state index contributed by atoms with van der Waals surface area (Å²) in [6.07, 6.45) is 3.90. The van der Waals surface area contributed by atoms with Gasteiger partial charge in [-0.3, -0.25) is 0 Å². The molecule has 0 bridgehead atoms. The van der Waals surface area contributed by atoms with E-state index in [1.54, 1.807) is 36.4 Å². The fraction of sp³-hybridized carbons (Fsp3) is 0.0682. The molecule has 9 heteroatoms. The second-order valence-electron chi connectivity index (χ2n) is 13.3. The molecule has 5 N–H and O–H groups in total. The van der Waals surface area contributed by atoms with E-state index in [0.29, 0.717) is 47.3 Å². The molecule has 0 saturated heterocycles. The van der Waals surface area contributed by atoms with Crippen molar-refractivity contribution in [2.75, 3.05) is 0 Å². The zero-order valence-corrected chi connectivity index (χ0v) is 28.6. The van der Waals surface area contributed by atoms with E-state index in [1.807, 2.05) is 84.9 Å². The van der Waals surface area contributed by atoms with Crippen molar-refractivity contribution < 1.29 is 34.7 Å². The normalized spacial score (nSPS) is 12.4. The molecule has 258 valence electrons. The number of carboxylic acids is 1. The lowest BCUT2D eigenvalue weighted by Crippen LogP contribution is -2.33. The Bertz CT molecular complexity index is 2690. The van der Waals surface area contributed by atoms with Crippen LogP contribution in [0.2, 0.25) is 0 Å². The first-order valence-corrected chi connectivity index (χ1v) is 17.5. The van der Waals surface area contributed by atoms with E-state index in [4.69, 9.17) is 4.74 Å². The lowest BCUT2D eigenvalue weighted by Gasteiger charge is -2.24. The first kappa shape index (κ1) is 34.1. The number of rotatable bonds is 9. The number of aromatic carboxylic acids is 1.